The fraction of sp³-hybridized carbons (Fsp3) is 0.625. The lowest BCUT2D eigenvalue weighted by Gasteiger charge is -2.29. The van der Waals surface area contributed by atoms with E-state index >= 15 is 0 Å². The van der Waals surface area contributed by atoms with Crippen LogP contribution in [0.25, 0.3) is 0 Å². The SMILES string of the molecule is COCC(CNC(C)C)N(C)Cc1ccccc1C. The topological polar surface area (TPSA) is 24.5 Å². The predicted molar refractivity (Wildman–Crippen MR) is 81.4 cm³/mol. The van der Waals surface area contributed by atoms with Crippen molar-refractivity contribution in [2.24, 2.45) is 0 Å². The molecule has 1 N–H and O–H groups in total. The molecular formula is C16H28N2O. The molecule has 0 aliphatic rings. The van der Waals surface area contributed by atoms with E-state index in [0.29, 0.717) is 12.1 Å². The first-order chi connectivity index (χ1) is 9.04. The van der Waals surface area contributed by atoms with Gasteiger partial charge in [-0.1, -0.05) is 38.1 Å². The molecule has 0 heterocycles. The molecule has 0 radical (unpaired) electrons. The third kappa shape index (κ3) is 5.72. The Hall–Kier alpha value is -0.900. The van der Waals surface area contributed by atoms with Gasteiger partial charge in [-0.05, 0) is 25.1 Å². The van der Waals surface area contributed by atoms with E-state index in [2.05, 4.69) is 62.3 Å². The van der Waals surface area contributed by atoms with Crippen LogP contribution in [-0.2, 0) is 11.3 Å². The van der Waals surface area contributed by atoms with Gasteiger partial charge in [0.2, 0.25) is 0 Å². The van der Waals surface area contributed by atoms with Crippen LogP contribution in [0.1, 0.15) is 25.0 Å². The number of nitrogens with one attached hydrogen (secondary N) is 1. The highest BCUT2D eigenvalue weighted by molar-refractivity contribution is 5.25. The first-order valence-electron chi connectivity index (χ1n) is 7.01. The van der Waals surface area contributed by atoms with Crippen molar-refractivity contribution in [3.05, 3.63) is 35.4 Å². The second-order valence-corrected chi connectivity index (χ2v) is 5.51. The van der Waals surface area contributed by atoms with Crippen LogP contribution in [0.15, 0.2) is 24.3 Å². The quantitative estimate of drug-likeness (QED) is 0.780. The summed E-state index contributed by atoms with van der Waals surface area (Å²) in [5, 5.41) is 3.49. The third-order valence-electron chi connectivity index (χ3n) is 3.43. The summed E-state index contributed by atoms with van der Waals surface area (Å²) in [4.78, 5) is 2.36. The minimum atomic E-state index is 0.395. The summed E-state index contributed by atoms with van der Waals surface area (Å²) < 4.78 is 5.34. The summed E-state index contributed by atoms with van der Waals surface area (Å²) >= 11 is 0. The van der Waals surface area contributed by atoms with Crippen molar-refractivity contribution in [2.75, 3.05) is 27.3 Å². The second kappa shape index (κ2) is 8.31. The maximum Gasteiger partial charge on any atom is 0.0630 e. The molecule has 3 heteroatoms. The summed E-state index contributed by atoms with van der Waals surface area (Å²) in [6.07, 6.45) is 0. The maximum absolute atomic E-state index is 5.34. The molecule has 3 nitrogen and oxygen atoms in total. The van der Waals surface area contributed by atoms with E-state index in [4.69, 9.17) is 4.74 Å². The Morgan fingerprint density at radius 2 is 1.95 bits per heavy atom. The van der Waals surface area contributed by atoms with Gasteiger partial charge in [0.1, 0.15) is 0 Å². The Morgan fingerprint density at radius 1 is 1.26 bits per heavy atom. The summed E-state index contributed by atoms with van der Waals surface area (Å²) in [7, 11) is 3.93. The van der Waals surface area contributed by atoms with Crippen molar-refractivity contribution < 1.29 is 4.74 Å². The third-order valence-corrected chi connectivity index (χ3v) is 3.43. The lowest BCUT2D eigenvalue weighted by Crippen LogP contribution is -2.44. The first kappa shape index (κ1) is 16.2. The zero-order chi connectivity index (χ0) is 14.3. The van der Waals surface area contributed by atoms with Crippen LogP contribution in [0.4, 0.5) is 0 Å². The Bertz CT molecular complexity index is 366. The van der Waals surface area contributed by atoms with Gasteiger partial charge < -0.3 is 10.1 Å². The van der Waals surface area contributed by atoms with Crippen LogP contribution >= 0.6 is 0 Å². The molecule has 108 valence electrons. The number of nitrogens with zero attached hydrogens (tertiary/aromatic N) is 1. The number of likely N-dealkylation sites (N-methyl/N-ethyl adjacent to an activating group) is 1. The molecule has 1 unspecified atom stereocenters. The van der Waals surface area contributed by atoms with Crippen molar-refractivity contribution in [2.45, 2.75) is 39.4 Å². The number of rotatable bonds is 8. The molecule has 1 aromatic carbocycles. The summed E-state index contributed by atoms with van der Waals surface area (Å²) in [6, 6.07) is 9.46. The number of hydrogen-bond acceptors (Lipinski definition) is 3. The molecule has 0 fully saturated rings. The van der Waals surface area contributed by atoms with Crippen LogP contribution in [0.2, 0.25) is 0 Å². The van der Waals surface area contributed by atoms with E-state index in [0.717, 1.165) is 19.7 Å². The van der Waals surface area contributed by atoms with Crippen LogP contribution in [0.3, 0.4) is 0 Å². The zero-order valence-electron chi connectivity index (χ0n) is 12.9. The first-order valence-corrected chi connectivity index (χ1v) is 7.01. The van der Waals surface area contributed by atoms with E-state index in [1.54, 1.807) is 7.11 Å². The average molecular weight is 264 g/mol. The van der Waals surface area contributed by atoms with Gasteiger partial charge in [0.25, 0.3) is 0 Å². The molecule has 0 aliphatic carbocycles. The van der Waals surface area contributed by atoms with Crippen LogP contribution in [-0.4, -0.2) is 44.3 Å². The Labute approximate surface area is 118 Å². The van der Waals surface area contributed by atoms with Crippen molar-refractivity contribution in [3.8, 4) is 0 Å². The average Bonchev–Trinajstić information content (AvgIpc) is 2.37. The second-order valence-electron chi connectivity index (χ2n) is 5.51. The number of hydrogen-bond donors (Lipinski definition) is 1. The molecule has 0 amide bonds. The van der Waals surface area contributed by atoms with Crippen LogP contribution < -0.4 is 5.32 Å². The van der Waals surface area contributed by atoms with Gasteiger partial charge in [-0.2, -0.15) is 0 Å². The Balaban J connectivity index is 2.60. The van der Waals surface area contributed by atoms with Gasteiger partial charge in [-0.15, -0.1) is 0 Å². The molecule has 0 aliphatic heterocycles. The maximum atomic E-state index is 5.34. The van der Waals surface area contributed by atoms with Gasteiger partial charge in [0, 0.05) is 32.3 Å². The van der Waals surface area contributed by atoms with Crippen molar-refractivity contribution in [3.63, 3.8) is 0 Å². The van der Waals surface area contributed by atoms with Gasteiger partial charge in [0.05, 0.1) is 6.61 Å². The molecule has 1 aromatic rings. The van der Waals surface area contributed by atoms with Crippen molar-refractivity contribution in [1.82, 2.24) is 10.2 Å². The molecule has 1 rings (SSSR count). The largest absolute Gasteiger partial charge is 0.383 e. The monoisotopic (exact) mass is 264 g/mol. The van der Waals surface area contributed by atoms with E-state index < -0.39 is 0 Å². The highest BCUT2D eigenvalue weighted by Crippen LogP contribution is 2.11. The molecule has 0 aromatic heterocycles. The lowest BCUT2D eigenvalue weighted by atomic mass is 10.1. The van der Waals surface area contributed by atoms with Crippen LogP contribution in [0.5, 0.6) is 0 Å². The zero-order valence-corrected chi connectivity index (χ0v) is 12.9. The minimum absolute atomic E-state index is 0.395. The molecule has 0 spiro atoms. The number of benzene rings is 1. The smallest absolute Gasteiger partial charge is 0.0630 e. The number of methoxy groups -OCH3 is 1. The van der Waals surface area contributed by atoms with Gasteiger partial charge in [-0.25, -0.2) is 0 Å². The van der Waals surface area contributed by atoms with Crippen molar-refractivity contribution in [1.29, 1.82) is 0 Å². The molecule has 0 saturated carbocycles. The van der Waals surface area contributed by atoms with Crippen LogP contribution in [0, 0.1) is 6.92 Å². The Kier molecular flexibility index (Phi) is 7.06. The highest BCUT2D eigenvalue weighted by Gasteiger charge is 2.15. The number of ether oxygens (including phenoxy) is 1. The fourth-order valence-corrected chi connectivity index (χ4v) is 2.09. The molecular weight excluding hydrogens is 236 g/mol. The van der Waals surface area contributed by atoms with E-state index in [1.165, 1.54) is 11.1 Å². The normalized spacial score (nSPS) is 13.2. The summed E-state index contributed by atoms with van der Waals surface area (Å²) in [6.45, 7) is 9.17. The van der Waals surface area contributed by atoms with Gasteiger partial charge in [-0.3, -0.25) is 4.90 Å². The van der Waals surface area contributed by atoms with Crippen molar-refractivity contribution >= 4 is 0 Å². The molecule has 0 bridgehead atoms. The minimum Gasteiger partial charge on any atom is -0.383 e. The van der Waals surface area contributed by atoms with E-state index in [9.17, 15) is 0 Å². The van der Waals surface area contributed by atoms with E-state index in [1.807, 2.05) is 0 Å². The molecule has 1 atom stereocenters. The van der Waals surface area contributed by atoms with E-state index in [-0.39, 0.29) is 0 Å². The number of aryl methyl sites for hydroxylation is 1. The highest BCUT2D eigenvalue weighted by atomic mass is 16.5. The predicted octanol–water partition coefficient (Wildman–Crippen LogP) is 2.44. The summed E-state index contributed by atoms with van der Waals surface area (Å²) in [5.74, 6) is 0. The lowest BCUT2D eigenvalue weighted by molar-refractivity contribution is 0.100. The molecule has 19 heavy (non-hydrogen) atoms. The molecule has 0 saturated heterocycles. The Morgan fingerprint density at radius 3 is 2.53 bits per heavy atom. The van der Waals surface area contributed by atoms with Gasteiger partial charge in [0.15, 0.2) is 0 Å². The summed E-state index contributed by atoms with van der Waals surface area (Å²) in [5.41, 5.74) is 2.73. The fourth-order valence-electron chi connectivity index (χ4n) is 2.09. The standard InChI is InChI=1S/C16H28N2O/c1-13(2)17-10-16(12-19-5)18(4)11-15-9-7-6-8-14(15)3/h6-9,13,16-17H,10-12H2,1-5H3. The van der Waals surface area contributed by atoms with Gasteiger partial charge >= 0.3 is 0 Å².